The molecule has 0 bridgehead atoms. The van der Waals surface area contributed by atoms with Crippen molar-refractivity contribution in [2.24, 2.45) is 5.41 Å². The zero-order chi connectivity index (χ0) is 7.49. The number of esters is 1. The van der Waals surface area contributed by atoms with Crippen LogP contribution in [0, 0.1) is 5.41 Å². The first-order valence-electron chi connectivity index (χ1n) is 3.02. The van der Waals surface area contributed by atoms with Gasteiger partial charge in [-0.15, -0.1) is 0 Å². The molecule has 0 aromatic heterocycles. The Hall–Kier alpha value is -0.530. The largest absolute Gasteiger partial charge is 0.469 e. The van der Waals surface area contributed by atoms with Gasteiger partial charge >= 0.3 is 5.97 Å². The van der Waals surface area contributed by atoms with Gasteiger partial charge in [0.1, 0.15) is 0 Å². The number of carbonyl (C=O) groups is 1. The normalized spacial score (nSPS) is 11.1. The Bertz CT molecular complexity index is 100.0. The van der Waals surface area contributed by atoms with Crippen LogP contribution in [-0.4, -0.2) is 13.1 Å². The van der Waals surface area contributed by atoms with Gasteiger partial charge in [-0.25, -0.2) is 0 Å². The van der Waals surface area contributed by atoms with Gasteiger partial charge in [-0.2, -0.15) is 0 Å². The van der Waals surface area contributed by atoms with Crippen molar-refractivity contribution in [3.63, 3.8) is 0 Å². The zero-order valence-electron chi connectivity index (χ0n) is 6.52. The highest BCUT2D eigenvalue weighted by atomic mass is 16.5. The van der Waals surface area contributed by atoms with Crippen LogP contribution in [0.3, 0.4) is 0 Å². The van der Waals surface area contributed by atoms with E-state index in [2.05, 4.69) is 4.74 Å². The van der Waals surface area contributed by atoms with E-state index in [1.807, 2.05) is 20.8 Å². The van der Waals surface area contributed by atoms with Crippen LogP contribution in [0.4, 0.5) is 0 Å². The van der Waals surface area contributed by atoms with Gasteiger partial charge in [0.05, 0.1) is 13.5 Å². The van der Waals surface area contributed by atoms with Crippen molar-refractivity contribution in [2.45, 2.75) is 27.2 Å². The van der Waals surface area contributed by atoms with Crippen LogP contribution < -0.4 is 0 Å². The molecule has 0 amide bonds. The quantitative estimate of drug-likeness (QED) is 0.504. The molecule has 0 aromatic rings. The molecule has 0 aliphatic rings. The average molecular weight is 130 g/mol. The van der Waals surface area contributed by atoms with E-state index in [9.17, 15) is 4.79 Å². The lowest BCUT2D eigenvalue weighted by atomic mass is 9.93. The predicted octanol–water partition coefficient (Wildman–Crippen LogP) is 1.60. The molecule has 0 atom stereocenters. The summed E-state index contributed by atoms with van der Waals surface area (Å²) in [6.45, 7) is 6.01. The third kappa shape index (κ3) is 5.34. The maximum absolute atomic E-state index is 10.6. The van der Waals surface area contributed by atoms with E-state index in [1.165, 1.54) is 7.11 Å². The van der Waals surface area contributed by atoms with Gasteiger partial charge in [-0.1, -0.05) is 20.8 Å². The molecule has 0 aromatic carbocycles. The van der Waals surface area contributed by atoms with Crippen molar-refractivity contribution >= 4 is 5.97 Å². The Morgan fingerprint density at radius 2 is 1.89 bits per heavy atom. The van der Waals surface area contributed by atoms with E-state index < -0.39 is 0 Å². The van der Waals surface area contributed by atoms with Crippen LogP contribution in [0.5, 0.6) is 0 Å². The second-order valence-corrected chi connectivity index (χ2v) is 3.31. The molecule has 0 fully saturated rings. The summed E-state index contributed by atoms with van der Waals surface area (Å²) in [5, 5.41) is 0. The molecule has 0 saturated carbocycles. The summed E-state index contributed by atoms with van der Waals surface area (Å²) in [5.74, 6) is -0.137. The fourth-order valence-corrected chi connectivity index (χ4v) is 0.505. The van der Waals surface area contributed by atoms with Crippen molar-refractivity contribution in [2.75, 3.05) is 7.11 Å². The van der Waals surface area contributed by atoms with Crippen molar-refractivity contribution < 1.29 is 9.53 Å². The number of hydrogen-bond acceptors (Lipinski definition) is 2. The van der Waals surface area contributed by atoms with Crippen molar-refractivity contribution in [1.82, 2.24) is 0 Å². The van der Waals surface area contributed by atoms with E-state index >= 15 is 0 Å². The molecule has 0 aliphatic heterocycles. The fraction of sp³-hybridized carbons (Fsp3) is 0.857. The summed E-state index contributed by atoms with van der Waals surface area (Å²) in [6.07, 6.45) is 0.490. The van der Waals surface area contributed by atoms with Crippen LogP contribution in [0.15, 0.2) is 0 Å². The molecular weight excluding hydrogens is 116 g/mol. The van der Waals surface area contributed by atoms with E-state index in [1.54, 1.807) is 0 Å². The second-order valence-electron chi connectivity index (χ2n) is 3.31. The molecule has 0 spiro atoms. The molecule has 0 N–H and O–H groups in total. The minimum atomic E-state index is -0.137. The molecule has 0 radical (unpaired) electrons. The predicted molar refractivity (Wildman–Crippen MR) is 36.1 cm³/mol. The third-order valence-electron chi connectivity index (χ3n) is 0.902. The second kappa shape index (κ2) is 2.85. The van der Waals surface area contributed by atoms with Gasteiger partial charge in [-0.05, 0) is 5.41 Å². The van der Waals surface area contributed by atoms with Gasteiger partial charge in [0, 0.05) is 0 Å². The minimum Gasteiger partial charge on any atom is -0.469 e. The van der Waals surface area contributed by atoms with Gasteiger partial charge in [0.15, 0.2) is 0 Å². The number of methoxy groups -OCH3 is 1. The molecule has 0 unspecified atom stereocenters. The number of hydrogen-bond donors (Lipinski definition) is 0. The van der Waals surface area contributed by atoms with E-state index in [4.69, 9.17) is 0 Å². The van der Waals surface area contributed by atoms with E-state index in [-0.39, 0.29) is 11.4 Å². The first kappa shape index (κ1) is 8.47. The molecule has 54 valence electrons. The molecule has 0 aliphatic carbocycles. The molecular formula is C7H14O2. The first-order valence-corrected chi connectivity index (χ1v) is 3.02. The Balaban J connectivity index is 3.60. The Morgan fingerprint density at radius 1 is 1.44 bits per heavy atom. The molecule has 2 nitrogen and oxygen atoms in total. The van der Waals surface area contributed by atoms with Gasteiger partial charge in [0.25, 0.3) is 0 Å². The van der Waals surface area contributed by atoms with Crippen LogP contribution in [0.2, 0.25) is 0 Å². The van der Waals surface area contributed by atoms with Gasteiger partial charge in [0.2, 0.25) is 0 Å². The lowest BCUT2D eigenvalue weighted by molar-refractivity contribution is -0.142. The van der Waals surface area contributed by atoms with E-state index in [0.29, 0.717) is 6.42 Å². The lowest BCUT2D eigenvalue weighted by Gasteiger charge is -2.14. The zero-order valence-corrected chi connectivity index (χ0v) is 6.52. The Morgan fingerprint density at radius 3 is 2.00 bits per heavy atom. The first-order chi connectivity index (χ1) is 3.95. The monoisotopic (exact) mass is 130 g/mol. The molecule has 0 saturated heterocycles. The number of rotatable bonds is 1. The van der Waals surface area contributed by atoms with Crippen molar-refractivity contribution in [1.29, 1.82) is 0 Å². The standard InChI is InChI=1S/C7H14O2/c1-7(2,3)5-6(8)9-4/h5H2,1-4H3. The smallest absolute Gasteiger partial charge is 0.306 e. The summed E-state index contributed by atoms with van der Waals surface area (Å²) >= 11 is 0. The van der Waals surface area contributed by atoms with Crippen molar-refractivity contribution in [3.05, 3.63) is 0 Å². The number of ether oxygens (including phenoxy) is 1. The molecule has 0 rings (SSSR count). The highest BCUT2D eigenvalue weighted by molar-refractivity contribution is 5.69. The lowest BCUT2D eigenvalue weighted by Crippen LogP contribution is -2.13. The SMILES string of the molecule is COC(=O)CC(C)(C)C. The average Bonchev–Trinajstić information content (AvgIpc) is 1.62. The highest BCUT2D eigenvalue weighted by Gasteiger charge is 2.15. The van der Waals surface area contributed by atoms with Crippen molar-refractivity contribution in [3.8, 4) is 0 Å². The van der Waals surface area contributed by atoms with Gasteiger partial charge < -0.3 is 4.74 Å². The summed E-state index contributed by atoms with van der Waals surface area (Å²) < 4.78 is 4.49. The van der Waals surface area contributed by atoms with Crippen LogP contribution >= 0.6 is 0 Å². The van der Waals surface area contributed by atoms with Crippen LogP contribution in [0.25, 0.3) is 0 Å². The summed E-state index contributed by atoms with van der Waals surface area (Å²) in [6, 6.07) is 0. The van der Waals surface area contributed by atoms with Crippen LogP contribution in [-0.2, 0) is 9.53 Å². The summed E-state index contributed by atoms with van der Waals surface area (Å²) in [7, 11) is 1.41. The third-order valence-corrected chi connectivity index (χ3v) is 0.902. The number of carbonyl (C=O) groups excluding carboxylic acids is 1. The topological polar surface area (TPSA) is 26.3 Å². The highest BCUT2D eigenvalue weighted by Crippen LogP contribution is 2.18. The summed E-state index contributed by atoms with van der Waals surface area (Å²) in [4.78, 5) is 10.6. The Labute approximate surface area is 56.2 Å². The molecule has 2 heteroatoms. The van der Waals surface area contributed by atoms with Crippen LogP contribution in [0.1, 0.15) is 27.2 Å². The summed E-state index contributed by atoms with van der Waals surface area (Å²) in [5.41, 5.74) is 0.0487. The maximum Gasteiger partial charge on any atom is 0.306 e. The molecule has 9 heavy (non-hydrogen) atoms. The van der Waals surface area contributed by atoms with Gasteiger partial charge in [-0.3, -0.25) is 4.79 Å². The fourth-order valence-electron chi connectivity index (χ4n) is 0.505. The Kier molecular flexibility index (Phi) is 2.68. The molecule has 0 heterocycles. The van der Waals surface area contributed by atoms with E-state index in [0.717, 1.165) is 0 Å². The maximum atomic E-state index is 10.6. The minimum absolute atomic E-state index is 0.0487.